The Kier molecular flexibility index (Phi) is 5.87. The summed E-state index contributed by atoms with van der Waals surface area (Å²) in [5.41, 5.74) is 2.12. The number of hydrogen-bond acceptors (Lipinski definition) is 4. The number of esters is 1. The Morgan fingerprint density at radius 1 is 1.11 bits per heavy atom. The molecule has 1 aliphatic heterocycles. The van der Waals surface area contributed by atoms with Crippen LogP contribution < -0.4 is 0 Å². The van der Waals surface area contributed by atoms with Gasteiger partial charge in [0.2, 0.25) is 0 Å². The summed E-state index contributed by atoms with van der Waals surface area (Å²) in [6.45, 7) is 2.47. The van der Waals surface area contributed by atoms with Crippen molar-refractivity contribution in [2.24, 2.45) is 0 Å². The first kappa shape index (κ1) is 18.7. The topological polar surface area (TPSA) is 70.4 Å². The van der Waals surface area contributed by atoms with Gasteiger partial charge in [-0.25, -0.2) is 4.79 Å². The van der Waals surface area contributed by atoms with E-state index in [9.17, 15) is 14.9 Å². The number of carbonyl (C=O) groups is 2. The van der Waals surface area contributed by atoms with Gasteiger partial charge in [-0.15, -0.1) is 0 Å². The third kappa shape index (κ3) is 4.17. The van der Waals surface area contributed by atoms with E-state index < -0.39 is 5.97 Å². The molecule has 0 aromatic heterocycles. The Bertz CT molecular complexity index is 885. The van der Waals surface area contributed by atoms with Gasteiger partial charge >= 0.3 is 5.97 Å². The van der Waals surface area contributed by atoms with E-state index in [4.69, 9.17) is 4.74 Å². The predicted octanol–water partition coefficient (Wildman–Crippen LogP) is 3.78. The molecule has 138 valence electrons. The molecule has 1 fully saturated rings. The van der Waals surface area contributed by atoms with Crippen molar-refractivity contribution in [1.82, 2.24) is 4.90 Å². The van der Waals surface area contributed by atoms with Crippen LogP contribution in [0.15, 0.2) is 48.5 Å². The van der Waals surface area contributed by atoms with Gasteiger partial charge in [0.1, 0.15) is 0 Å². The molecule has 2 aromatic rings. The molecule has 0 bridgehead atoms. The van der Waals surface area contributed by atoms with Crippen LogP contribution in [0.4, 0.5) is 0 Å². The number of carbonyl (C=O) groups excluding carboxylic acids is 2. The minimum absolute atomic E-state index is 0.162. The third-order valence-corrected chi connectivity index (χ3v) is 4.93. The van der Waals surface area contributed by atoms with Crippen LogP contribution in [-0.2, 0) is 9.53 Å². The first-order chi connectivity index (χ1) is 13.1. The zero-order chi connectivity index (χ0) is 19.2. The predicted molar refractivity (Wildman–Crippen MR) is 102 cm³/mol. The maximum absolute atomic E-state index is 12.6. The average molecular weight is 362 g/mol. The fourth-order valence-electron chi connectivity index (χ4n) is 3.47. The molecule has 3 rings (SSSR count). The normalized spacial score (nSPS) is 16.4. The summed E-state index contributed by atoms with van der Waals surface area (Å²) in [4.78, 5) is 26.8. The van der Waals surface area contributed by atoms with E-state index in [2.05, 4.69) is 6.07 Å². The van der Waals surface area contributed by atoms with E-state index in [0.29, 0.717) is 28.8 Å². The second kappa shape index (κ2) is 8.50. The largest absolute Gasteiger partial charge is 0.452 e. The molecular formula is C22H22N2O3. The summed E-state index contributed by atoms with van der Waals surface area (Å²) in [6.07, 6.45) is 3.08. The number of likely N-dealkylation sites (tertiary alicyclic amines) is 1. The van der Waals surface area contributed by atoms with Crippen LogP contribution in [0, 0.1) is 11.3 Å². The number of rotatable bonds is 4. The van der Waals surface area contributed by atoms with Crippen LogP contribution in [0.5, 0.6) is 0 Å². The van der Waals surface area contributed by atoms with Gasteiger partial charge in [-0.2, -0.15) is 5.26 Å². The summed E-state index contributed by atoms with van der Waals surface area (Å²) in [5.74, 6) is -0.721. The van der Waals surface area contributed by atoms with Gasteiger partial charge in [0.25, 0.3) is 5.91 Å². The molecule has 27 heavy (non-hydrogen) atoms. The number of piperidine rings is 1. The van der Waals surface area contributed by atoms with Crippen molar-refractivity contribution in [2.75, 3.05) is 13.2 Å². The monoisotopic (exact) mass is 362 g/mol. The molecule has 0 spiro atoms. The number of nitriles is 1. The van der Waals surface area contributed by atoms with E-state index in [0.717, 1.165) is 19.3 Å². The number of nitrogens with zero attached hydrogens (tertiary/aromatic N) is 2. The van der Waals surface area contributed by atoms with Crippen molar-refractivity contribution in [1.29, 1.82) is 5.26 Å². The highest BCUT2D eigenvalue weighted by molar-refractivity contribution is 5.99. The lowest BCUT2D eigenvalue weighted by Crippen LogP contribution is -2.44. The van der Waals surface area contributed by atoms with Gasteiger partial charge in [0.05, 0.1) is 17.2 Å². The van der Waals surface area contributed by atoms with Crippen LogP contribution >= 0.6 is 0 Å². The molecule has 1 heterocycles. The molecule has 0 saturated carbocycles. The van der Waals surface area contributed by atoms with Crippen molar-refractivity contribution in [3.63, 3.8) is 0 Å². The highest BCUT2D eigenvalue weighted by atomic mass is 16.5. The van der Waals surface area contributed by atoms with Crippen molar-refractivity contribution in [3.05, 3.63) is 59.7 Å². The van der Waals surface area contributed by atoms with Crippen LogP contribution in [-0.4, -0.2) is 36.0 Å². The molecule has 0 unspecified atom stereocenters. The van der Waals surface area contributed by atoms with E-state index in [1.165, 1.54) is 0 Å². The third-order valence-electron chi connectivity index (χ3n) is 4.93. The minimum atomic E-state index is -0.559. The summed E-state index contributed by atoms with van der Waals surface area (Å²) in [7, 11) is 0. The molecule has 1 atom stereocenters. The summed E-state index contributed by atoms with van der Waals surface area (Å²) < 4.78 is 5.31. The van der Waals surface area contributed by atoms with Gasteiger partial charge in [0.15, 0.2) is 6.61 Å². The van der Waals surface area contributed by atoms with Gasteiger partial charge < -0.3 is 9.64 Å². The molecule has 2 aromatic carbocycles. The molecule has 0 N–H and O–H groups in total. The molecule has 5 heteroatoms. The SMILES string of the molecule is C[C@@H]1CCCCN1C(=O)COC(=O)c1ccccc1-c1ccccc1C#N. The maximum atomic E-state index is 12.6. The van der Waals surface area contributed by atoms with Crippen LogP contribution in [0.25, 0.3) is 11.1 Å². The van der Waals surface area contributed by atoms with Crippen molar-refractivity contribution in [2.45, 2.75) is 32.2 Å². The molecule has 5 nitrogen and oxygen atoms in total. The Morgan fingerprint density at radius 3 is 2.56 bits per heavy atom. The van der Waals surface area contributed by atoms with Gasteiger partial charge in [-0.1, -0.05) is 36.4 Å². The highest BCUT2D eigenvalue weighted by Crippen LogP contribution is 2.27. The Hall–Kier alpha value is -3.13. The average Bonchev–Trinajstić information content (AvgIpc) is 2.72. The van der Waals surface area contributed by atoms with E-state index >= 15 is 0 Å². The molecule has 0 radical (unpaired) electrons. The highest BCUT2D eigenvalue weighted by Gasteiger charge is 2.24. The molecule has 1 amide bonds. The van der Waals surface area contributed by atoms with E-state index in [1.807, 2.05) is 13.0 Å². The molecular weight excluding hydrogens is 340 g/mol. The van der Waals surface area contributed by atoms with Crippen LogP contribution in [0.3, 0.4) is 0 Å². The minimum Gasteiger partial charge on any atom is -0.452 e. The first-order valence-corrected chi connectivity index (χ1v) is 9.17. The second-order valence-corrected chi connectivity index (χ2v) is 6.71. The Labute approximate surface area is 159 Å². The quantitative estimate of drug-likeness (QED) is 0.776. The number of ether oxygens (including phenoxy) is 1. The fourth-order valence-corrected chi connectivity index (χ4v) is 3.47. The first-order valence-electron chi connectivity index (χ1n) is 9.17. The van der Waals surface area contributed by atoms with Gasteiger partial charge in [-0.05, 0) is 43.9 Å². The van der Waals surface area contributed by atoms with Crippen LogP contribution in [0.1, 0.15) is 42.1 Å². The zero-order valence-electron chi connectivity index (χ0n) is 15.4. The zero-order valence-corrected chi connectivity index (χ0v) is 15.4. The molecule has 1 aliphatic rings. The second-order valence-electron chi connectivity index (χ2n) is 6.71. The standard InChI is InChI=1S/C22H22N2O3/c1-16-8-6-7-13-24(16)21(25)15-27-22(26)20-12-5-4-11-19(20)18-10-3-2-9-17(18)14-23/h2-5,9-12,16H,6-8,13,15H2,1H3/t16-/m1/s1. The number of amides is 1. The van der Waals surface area contributed by atoms with Crippen molar-refractivity contribution in [3.8, 4) is 17.2 Å². The van der Waals surface area contributed by atoms with Gasteiger partial charge in [-0.3, -0.25) is 4.79 Å². The lowest BCUT2D eigenvalue weighted by Gasteiger charge is -2.33. The molecule has 1 saturated heterocycles. The van der Waals surface area contributed by atoms with E-state index in [1.54, 1.807) is 47.4 Å². The number of hydrogen-bond donors (Lipinski definition) is 0. The van der Waals surface area contributed by atoms with Crippen molar-refractivity contribution < 1.29 is 14.3 Å². The maximum Gasteiger partial charge on any atom is 0.339 e. The fraction of sp³-hybridized carbons (Fsp3) is 0.318. The Balaban J connectivity index is 1.76. The molecule has 0 aliphatic carbocycles. The van der Waals surface area contributed by atoms with Gasteiger partial charge in [0, 0.05) is 18.2 Å². The van der Waals surface area contributed by atoms with Crippen molar-refractivity contribution >= 4 is 11.9 Å². The number of benzene rings is 2. The summed E-state index contributed by atoms with van der Waals surface area (Å²) in [6, 6.07) is 16.4. The van der Waals surface area contributed by atoms with Crippen LogP contribution in [0.2, 0.25) is 0 Å². The smallest absolute Gasteiger partial charge is 0.339 e. The lowest BCUT2D eigenvalue weighted by atomic mass is 9.96. The summed E-state index contributed by atoms with van der Waals surface area (Å²) >= 11 is 0. The Morgan fingerprint density at radius 2 is 1.81 bits per heavy atom. The lowest BCUT2D eigenvalue weighted by molar-refractivity contribution is -0.137. The van der Waals surface area contributed by atoms with E-state index in [-0.39, 0.29) is 18.6 Å². The summed E-state index contributed by atoms with van der Waals surface area (Å²) in [5, 5.41) is 9.34.